The normalized spacial score (nSPS) is 11.9. The van der Waals surface area contributed by atoms with Crippen LogP contribution in [0.25, 0.3) is 43.1 Å². The van der Waals surface area contributed by atoms with Gasteiger partial charge in [-0.15, -0.1) is 10.2 Å². The highest BCUT2D eigenvalue weighted by atomic mass is 15.1. The maximum atomic E-state index is 4.74. The summed E-state index contributed by atoms with van der Waals surface area (Å²) in [4.78, 5) is 0. The van der Waals surface area contributed by atoms with Gasteiger partial charge in [0.1, 0.15) is 0 Å². The third kappa shape index (κ3) is 2.66. The van der Waals surface area contributed by atoms with Crippen LogP contribution in [0.15, 0.2) is 119 Å². The summed E-state index contributed by atoms with van der Waals surface area (Å²) in [6.45, 7) is 0. The lowest BCUT2D eigenvalue weighted by molar-refractivity contribution is 1.25. The Morgan fingerprint density at radius 1 is 0.333 bits per heavy atom. The SMILES string of the molecule is c1ccc2c(c1)ccc1cccc(N=Nc3cccc4ccc5ccccc5c34)c12. The minimum Gasteiger partial charge on any atom is -0.150 e. The molecule has 6 aromatic rings. The lowest BCUT2D eigenvalue weighted by atomic mass is 10.0. The average molecular weight is 382 g/mol. The number of nitrogens with zero attached hydrogens (tertiary/aromatic N) is 2. The summed E-state index contributed by atoms with van der Waals surface area (Å²) in [7, 11) is 0. The fourth-order valence-corrected chi connectivity index (χ4v) is 4.35. The molecule has 0 saturated heterocycles. The second kappa shape index (κ2) is 6.78. The average Bonchev–Trinajstić information content (AvgIpc) is 2.82. The second-order valence-electron chi connectivity index (χ2n) is 7.52. The number of azo groups is 1. The van der Waals surface area contributed by atoms with Crippen molar-refractivity contribution >= 4 is 54.5 Å². The van der Waals surface area contributed by atoms with E-state index in [4.69, 9.17) is 10.2 Å². The Labute approximate surface area is 174 Å². The number of fused-ring (bicyclic) bond motifs is 6. The predicted molar refractivity (Wildman–Crippen MR) is 127 cm³/mol. The van der Waals surface area contributed by atoms with Crippen LogP contribution in [-0.4, -0.2) is 0 Å². The molecule has 0 amide bonds. The Hall–Kier alpha value is -4.04. The van der Waals surface area contributed by atoms with E-state index in [2.05, 4.69) is 84.9 Å². The van der Waals surface area contributed by atoms with Gasteiger partial charge in [0.15, 0.2) is 0 Å². The summed E-state index contributed by atoms with van der Waals surface area (Å²) in [6.07, 6.45) is 0. The van der Waals surface area contributed by atoms with E-state index in [1.165, 1.54) is 32.3 Å². The van der Waals surface area contributed by atoms with Crippen LogP contribution in [0.3, 0.4) is 0 Å². The van der Waals surface area contributed by atoms with Gasteiger partial charge < -0.3 is 0 Å². The zero-order valence-corrected chi connectivity index (χ0v) is 16.3. The molecule has 2 nitrogen and oxygen atoms in total. The summed E-state index contributed by atoms with van der Waals surface area (Å²) >= 11 is 0. The Bertz CT molecular complexity index is 1470. The third-order valence-corrected chi connectivity index (χ3v) is 5.76. The molecule has 140 valence electrons. The quantitative estimate of drug-likeness (QED) is 0.211. The van der Waals surface area contributed by atoms with Crippen molar-refractivity contribution in [3.8, 4) is 0 Å². The van der Waals surface area contributed by atoms with Gasteiger partial charge in [0, 0.05) is 10.8 Å². The van der Waals surface area contributed by atoms with Gasteiger partial charge >= 0.3 is 0 Å². The van der Waals surface area contributed by atoms with Gasteiger partial charge in [0.05, 0.1) is 11.4 Å². The minimum atomic E-state index is 0.890. The first kappa shape index (κ1) is 16.9. The van der Waals surface area contributed by atoms with Crippen molar-refractivity contribution in [2.45, 2.75) is 0 Å². The largest absolute Gasteiger partial charge is 0.150 e. The second-order valence-corrected chi connectivity index (χ2v) is 7.52. The number of rotatable bonds is 2. The molecule has 30 heavy (non-hydrogen) atoms. The molecule has 0 N–H and O–H groups in total. The monoisotopic (exact) mass is 382 g/mol. The summed E-state index contributed by atoms with van der Waals surface area (Å²) in [5.74, 6) is 0. The molecule has 0 fully saturated rings. The number of hydrogen-bond donors (Lipinski definition) is 0. The molecule has 0 atom stereocenters. The standard InChI is InChI=1S/C28H18N2/c1-3-11-23-19(7-1)15-17-21-9-5-13-25(27(21)23)29-30-26-14-6-10-22-18-16-20-8-2-4-12-24(20)28(22)26/h1-18H. The van der Waals surface area contributed by atoms with Gasteiger partial charge in [0.25, 0.3) is 0 Å². The fourth-order valence-electron chi connectivity index (χ4n) is 4.35. The highest BCUT2D eigenvalue weighted by Crippen LogP contribution is 2.37. The van der Waals surface area contributed by atoms with Crippen LogP contribution in [0.4, 0.5) is 11.4 Å². The maximum Gasteiger partial charge on any atom is 0.0941 e. The molecule has 0 heterocycles. The zero-order chi connectivity index (χ0) is 19.9. The first-order valence-electron chi connectivity index (χ1n) is 10.1. The van der Waals surface area contributed by atoms with E-state index in [1.54, 1.807) is 0 Å². The molecule has 0 unspecified atom stereocenters. The highest BCUT2D eigenvalue weighted by Gasteiger charge is 2.07. The Kier molecular flexibility index (Phi) is 3.82. The van der Waals surface area contributed by atoms with E-state index >= 15 is 0 Å². The molecule has 0 spiro atoms. The Morgan fingerprint density at radius 2 is 0.733 bits per heavy atom. The molecule has 6 aromatic carbocycles. The molecule has 2 heteroatoms. The maximum absolute atomic E-state index is 4.74. The third-order valence-electron chi connectivity index (χ3n) is 5.76. The van der Waals surface area contributed by atoms with E-state index in [-0.39, 0.29) is 0 Å². The van der Waals surface area contributed by atoms with Gasteiger partial charge in [-0.3, -0.25) is 0 Å². The van der Waals surface area contributed by atoms with Crippen LogP contribution < -0.4 is 0 Å². The van der Waals surface area contributed by atoms with E-state index < -0.39 is 0 Å². The molecule has 0 radical (unpaired) electrons. The van der Waals surface area contributed by atoms with Crippen molar-refractivity contribution in [3.63, 3.8) is 0 Å². The van der Waals surface area contributed by atoms with E-state index in [1.807, 2.05) is 24.3 Å². The summed E-state index contributed by atoms with van der Waals surface area (Å²) in [5, 5.41) is 18.9. The van der Waals surface area contributed by atoms with Gasteiger partial charge in [-0.2, -0.15) is 0 Å². The molecule has 0 saturated carbocycles. The minimum absolute atomic E-state index is 0.890. The fraction of sp³-hybridized carbons (Fsp3) is 0. The highest BCUT2D eigenvalue weighted by molar-refractivity contribution is 6.14. The van der Waals surface area contributed by atoms with Gasteiger partial charge in [-0.25, -0.2) is 0 Å². The van der Waals surface area contributed by atoms with Crippen LogP contribution in [-0.2, 0) is 0 Å². The summed E-state index contributed by atoms with van der Waals surface area (Å²) < 4.78 is 0. The van der Waals surface area contributed by atoms with E-state index in [0.717, 1.165) is 22.1 Å². The van der Waals surface area contributed by atoms with Crippen LogP contribution in [0.5, 0.6) is 0 Å². The zero-order valence-electron chi connectivity index (χ0n) is 16.3. The first-order chi connectivity index (χ1) is 14.9. The van der Waals surface area contributed by atoms with E-state index in [9.17, 15) is 0 Å². The molecule has 0 aliphatic carbocycles. The van der Waals surface area contributed by atoms with Gasteiger partial charge in [-0.05, 0) is 44.5 Å². The van der Waals surface area contributed by atoms with E-state index in [0.29, 0.717) is 0 Å². The first-order valence-corrected chi connectivity index (χ1v) is 10.1. The van der Waals surface area contributed by atoms with Crippen molar-refractivity contribution in [1.29, 1.82) is 0 Å². The van der Waals surface area contributed by atoms with Crippen molar-refractivity contribution in [2.24, 2.45) is 10.2 Å². The van der Waals surface area contributed by atoms with Gasteiger partial charge in [0.2, 0.25) is 0 Å². The van der Waals surface area contributed by atoms with Crippen molar-refractivity contribution in [2.75, 3.05) is 0 Å². The van der Waals surface area contributed by atoms with Gasteiger partial charge in [-0.1, -0.05) is 97.1 Å². The molecule has 0 aliphatic rings. The van der Waals surface area contributed by atoms with Crippen LogP contribution in [0.1, 0.15) is 0 Å². The molecule has 6 rings (SSSR count). The molecule has 0 bridgehead atoms. The molecule has 0 aromatic heterocycles. The van der Waals surface area contributed by atoms with Crippen molar-refractivity contribution < 1.29 is 0 Å². The van der Waals surface area contributed by atoms with Crippen LogP contribution in [0.2, 0.25) is 0 Å². The molecular formula is C28H18N2. The predicted octanol–water partition coefficient (Wildman–Crippen LogP) is 8.71. The lowest BCUT2D eigenvalue weighted by Crippen LogP contribution is -1.79. The summed E-state index contributed by atoms with van der Waals surface area (Å²) in [6, 6.07) is 38.0. The molecule has 0 aliphatic heterocycles. The summed E-state index contributed by atoms with van der Waals surface area (Å²) in [5.41, 5.74) is 1.78. The number of hydrogen-bond acceptors (Lipinski definition) is 2. The smallest absolute Gasteiger partial charge is 0.0941 e. The lowest BCUT2D eigenvalue weighted by Gasteiger charge is -2.08. The number of benzene rings is 6. The molecular weight excluding hydrogens is 364 g/mol. The topological polar surface area (TPSA) is 24.7 Å². The Balaban J connectivity index is 1.60. The van der Waals surface area contributed by atoms with Crippen LogP contribution in [0, 0.1) is 0 Å². The Morgan fingerprint density at radius 3 is 1.23 bits per heavy atom. The van der Waals surface area contributed by atoms with Crippen LogP contribution >= 0.6 is 0 Å². The van der Waals surface area contributed by atoms with Crippen molar-refractivity contribution in [1.82, 2.24) is 0 Å². The van der Waals surface area contributed by atoms with Crippen molar-refractivity contribution in [3.05, 3.63) is 109 Å².